The number of likely N-dealkylation sites (tertiary alicyclic amines) is 1. The Labute approximate surface area is 268 Å². The van der Waals surface area contributed by atoms with E-state index >= 15 is 0 Å². The number of carboxylic acids is 1. The highest BCUT2D eigenvalue weighted by atomic mass is 35.5. The van der Waals surface area contributed by atoms with E-state index in [0.29, 0.717) is 18.1 Å². The molecule has 3 aromatic rings. The van der Waals surface area contributed by atoms with Gasteiger partial charge in [-0.15, -0.1) is 0 Å². The SMILES string of the molecule is C=CC(=O)N1CC2(CC(n3nc(N4[C@H](C)CN(C(C)=O)C[C@@H]4C)c(-c4c(Cl)c(C)cc5[nH]ncc45)c3C)C2)C1.O=C(O)C(F)(F)F. The number of aromatic nitrogens is 4. The van der Waals surface area contributed by atoms with Gasteiger partial charge >= 0.3 is 12.1 Å². The third-order valence-electron chi connectivity index (χ3n) is 9.32. The number of aromatic amines is 1. The minimum Gasteiger partial charge on any atom is -0.475 e. The van der Waals surface area contributed by atoms with Gasteiger partial charge in [-0.05, 0) is 58.2 Å². The first-order valence-electron chi connectivity index (χ1n) is 14.9. The van der Waals surface area contributed by atoms with Crippen molar-refractivity contribution in [2.24, 2.45) is 5.41 Å². The quantitative estimate of drug-likeness (QED) is 0.371. The largest absolute Gasteiger partial charge is 0.490 e. The smallest absolute Gasteiger partial charge is 0.475 e. The number of carbonyl (C=O) groups is 3. The van der Waals surface area contributed by atoms with Gasteiger partial charge in [-0.2, -0.15) is 23.4 Å². The van der Waals surface area contributed by atoms with Gasteiger partial charge in [-0.25, -0.2) is 4.79 Å². The van der Waals surface area contributed by atoms with Gasteiger partial charge in [-0.1, -0.05) is 18.2 Å². The second kappa shape index (κ2) is 11.9. The fraction of sp³-hybridized carbons (Fsp3) is 0.516. The number of anilines is 1. The molecule has 6 rings (SSSR count). The molecule has 11 nitrogen and oxygen atoms in total. The number of hydrogen-bond acceptors (Lipinski definition) is 6. The molecule has 0 bridgehead atoms. The number of aryl methyl sites for hydroxylation is 1. The maximum absolute atomic E-state index is 12.2. The van der Waals surface area contributed by atoms with Crippen LogP contribution >= 0.6 is 11.6 Å². The Morgan fingerprint density at radius 3 is 2.22 bits per heavy atom. The Kier molecular flexibility index (Phi) is 8.64. The van der Waals surface area contributed by atoms with Crippen LogP contribution in [0.1, 0.15) is 50.9 Å². The van der Waals surface area contributed by atoms with Crippen molar-refractivity contribution in [1.82, 2.24) is 29.8 Å². The fourth-order valence-electron chi connectivity index (χ4n) is 7.19. The van der Waals surface area contributed by atoms with Crippen LogP contribution in [0.4, 0.5) is 19.0 Å². The molecule has 2 aromatic heterocycles. The van der Waals surface area contributed by atoms with E-state index in [1.807, 2.05) is 29.0 Å². The zero-order chi connectivity index (χ0) is 33.9. The van der Waals surface area contributed by atoms with E-state index in [1.165, 1.54) is 6.08 Å². The first kappa shape index (κ1) is 33.3. The normalized spacial score (nSPS) is 21.0. The van der Waals surface area contributed by atoms with Gasteiger partial charge in [0.2, 0.25) is 11.8 Å². The van der Waals surface area contributed by atoms with E-state index in [9.17, 15) is 22.8 Å². The summed E-state index contributed by atoms with van der Waals surface area (Å²) in [6.07, 6.45) is 0.132. The number of carbonyl (C=O) groups excluding carboxylic acids is 2. The number of piperazine rings is 1. The molecule has 0 unspecified atom stereocenters. The molecule has 3 fully saturated rings. The zero-order valence-electron chi connectivity index (χ0n) is 26.3. The Morgan fingerprint density at radius 2 is 1.70 bits per heavy atom. The number of aliphatic carboxylic acids is 1. The summed E-state index contributed by atoms with van der Waals surface area (Å²) in [6, 6.07) is 2.46. The standard InChI is InChI=1S/C29H36ClN7O2.C2HF3O2/c1-7-24(39)35-14-29(15-35)9-21(10-29)37-19(5)25(26-22-11-31-32-23(22)8-16(2)27(26)30)28(33-37)36-17(3)12-34(20(6)38)13-18(36)4;3-2(4,5)1(6)7/h7-8,11,17-18,21H,1,9-10,12-15H2,2-6H3,(H,31,32);(H,6,7)/t17-,18+;. The number of rotatable bonds is 4. The fourth-order valence-corrected chi connectivity index (χ4v) is 7.45. The van der Waals surface area contributed by atoms with E-state index in [-0.39, 0.29) is 35.4 Å². The van der Waals surface area contributed by atoms with Gasteiger partial charge < -0.3 is 19.8 Å². The van der Waals surface area contributed by atoms with E-state index < -0.39 is 12.1 Å². The van der Waals surface area contributed by atoms with E-state index in [4.69, 9.17) is 26.6 Å². The van der Waals surface area contributed by atoms with Crippen molar-refractivity contribution in [3.63, 3.8) is 0 Å². The van der Waals surface area contributed by atoms with Gasteiger partial charge in [0.15, 0.2) is 5.82 Å². The number of halogens is 4. The summed E-state index contributed by atoms with van der Waals surface area (Å²) < 4.78 is 33.9. The lowest BCUT2D eigenvalue weighted by atomic mass is 9.60. The molecule has 2 aliphatic heterocycles. The van der Waals surface area contributed by atoms with Gasteiger partial charge in [0.1, 0.15) is 0 Å². The number of fused-ring (bicyclic) bond motifs is 1. The Hall–Kier alpha value is -4.07. The van der Waals surface area contributed by atoms with Crippen LogP contribution in [0.25, 0.3) is 22.0 Å². The molecule has 46 heavy (non-hydrogen) atoms. The van der Waals surface area contributed by atoms with Crippen molar-refractivity contribution < 1.29 is 32.7 Å². The Morgan fingerprint density at radius 1 is 1.11 bits per heavy atom. The molecular formula is C31H37ClF3N7O4. The summed E-state index contributed by atoms with van der Waals surface area (Å²) in [4.78, 5) is 39.3. The van der Waals surface area contributed by atoms with Crippen molar-refractivity contribution >= 4 is 46.1 Å². The second-order valence-electron chi connectivity index (χ2n) is 12.7. The van der Waals surface area contributed by atoms with Crippen LogP contribution < -0.4 is 4.90 Å². The summed E-state index contributed by atoms with van der Waals surface area (Å²) in [5.41, 5.74) is 5.15. The highest BCUT2D eigenvalue weighted by Crippen LogP contribution is 2.55. The monoisotopic (exact) mass is 663 g/mol. The molecule has 0 radical (unpaired) electrons. The Bertz CT molecular complexity index is 1690. The third-order valence-corrected chi connectivity index (χ3v) is 9.81. The minimum atomic E-state index is -5.08. The Balaban J connectivity index is 0.000000537. The van der Waals surface area contributed by atoms with Crippen LogP contribution in [0.3, 0.4) is 0 Å². The summed E-state index contributed by atoms with van der Waals surface area (Å²) >= 11 is 7.06. The molecular weight excluding hydrogens is 627 g/mol. The van der Waals surface area contributed by atoms with Crippen molar-refractivity contribution in [2.45, 2.75) is 71.8 Å². The number of H-pyrrole nitrogens is 1. The lowest BCUT2D eigenvalue weighted by molar-refractivity contribution is -0.192. The van der Waals surface area contributed by atoms with E-state index in [2.05, 4.69) is 47.1 Å². The molecule has 2 atom stereocenters. The number of nitrogens with one attached hydrogen (secondary N) is 1. The third kappa shape index (κ3) is 5.82. The predicted molar refractivity (Wildman–Crippen MR) is 167 cm³/mol. The number of amides is 2. The molecule has 1 spiro atoms. The highest BCUT2D eigenvalue weighted by molar-refractivity contribution is 6.36. The van der Waals surface area contributed by atoms with Crippen molar-refractivity contribution in [3.05, 3.63) is 41.2 Å². The number of hydrogen-bond donors (Lipinski definition) is 2. The highest BCUT2D eigenvalue weighted by Gasteiger charge is 2.54. The van der Waals surface area contributed by atoms with Gasteiger partial charge in [0, 0.05) is 72.8 Å². The summed E-state index contributed by atoms with van der Waals surface area (Å²) in [7, 11) is 0. The summed E-state index contributed by atoms with van der Waals surface area (Å²) in [6.45, 7) is 16.6. The van der Waals surface area contributed by atoms with E-state index in [1.54, 1.807) is 6.92 Å². The average Bonchev–Trinajstić information content (AvgIpc) is 3.51. The molecule has 1 aliphatic carbocycles. The number of carboxylic acid groups (broad SMARTS) is 1. The molecule has 2 saturated heterocycles. The lowest BCUT2D eigenvalue weighted by Gasteiger charge is -2.58. The summed E-state index contributed by atoms with van der Waals surface area (Å²) in [5, 5.41) is 21.6. The van der Waals surface area contributed by atoms with Crippen LogP contribution in [0.5, 0.6) is 0 Å². The van der Waals surface area contributed by atoms with Crippen LogP contribution in [0.2, 0.25) is 5.02 Å². The van der Waals surface area contributed by atoms with Gasteiger partial charge in [-0.3, -0.25) is 19.4 Å². The zero-order valence-corrected chi connectivity index (χ0v) is 27.0. The number of benzene rings is 1. The maximum atomic E-state index is 12.2. The molecule has 2 N–H and O–H groups in total. The topological polar surface area (TPSA) is 128 Å². The van der Waals surface area contributed by atoms with Gasteiger partial charge in [0.05, 0.1) is 22.8 Å². The lowest BCUT2D eigenvalue weighted by Crippen LogP contribution is -2.63. The molecule has 3 aliphatic rings. The average molecular weight is 664 g/mol. The van der Waals surface area contributed by atoms with Crippen molar-refractivity contribution in [2.75, 3.05) is 31.1 Å². The molecule has 1 saturated carbocycles. The molecule has 248 valence electrons. The van der Waals surface area contributed by atoms with Crippen LogP contribution in [-0.4, -0.2) is 97.1 Å². The maximum Gasteiger partial charge on any atom is 0.490 e. The van der Waals surface area contributed by atoms with Gasteiger partial charge in [0.25, 0.3) is 0 Å². The van der Waals surface area contributed by atoms with Crippen molar-refractivity contribution in [1.29, 1.82) is 0 Å². The molecule has 2 amide bonds. The number of alkyl halides is 3. The molecule has 15 heteroatoms. The van der Waals surface area contributed by atoms with Crippen LogP contribution in [0.15, 0.2) is 24.9 Å². The van der Waals surface area contributed by atoms with E-state index in [0.717, 1.165) is 65.0 Å². The van der Waals surface area contributed by atoms with Crippen LogP contribution in [-0.2, 0) is 14.4 Å². The predicted octanol–water partition coefficient (Wildman–Crippen LogP) is 5.12. The minimum absolute atomic E-state index is 0.00909. The van der Waals surface area contributed by atoms with Crippen molar-refractivity contribution in [3.8, 4) is 11.1 Å². The first-order valence-corrected chi connectivity index (χ1v) is 15.3. The molecule has 4 heterocycles. The second-order valence-corrected chi connectivity index (χ2v) is 13.1. The number of nitrogens with zero attached hydrogens (tertiary/aromatic N) is 6. The first-order chi connectivity index (χ1) is 21.5. The molecule has 1 aromatic carbocycles. The van der Waals surface area contributed by atoms with Crippen LogP contribution in [0, 0.1) is 19.3 Å². The summed E-state index contributed by atoms with van der Waals surface area (Å²) in [5.74, 6) is -1.74.